The van der Waals surface area contributed by atoms with Crippen LogP contribution in [0.25, 0.3) is 0 Å². The molecule has 0 atom stereocenters. The molecule has 0 unspecified atom stereocenters. The second-order valence-corrected chi connectivity index (χ2v) is 8.42. The van der Waals surface area contributed by atoms with E-state index in [1.54, 1.807) is 25.3 Å². The van der Waals surface area contributed by atoms with Crippen LogP contribution in [0.2, 0.25) is 0 Å². The predicted molar refractivity (Wildman–Crippen MR) is 112 cm³/mol. The first-order valence-corrected chi connectivity index (χ1v) is 10.7. The van der Waals surface area contributed by atoms with E-state index in [9.17, 15) is 9.50 Å². The number of nitrogens with zero attached hydrogens (tertiary/aromatic N) is 2. The molecule has 0 amide bonds. The molecule has 2 aliphatic heterocycles. The van der Waals surface area contributed by atoms with E-state index in [0.717, 1.165) is 45.0 Å². The summed E-state index contributed by atoms with van der Waals surface area (Å²) in [7, 11) is 1.73. The first-order valence-electron chi connectivity index (χ1n) is 10.7. The predicted octanol–water partition coefficient (Wildman–Crippen LogP) is 3.91. The molecule has 2 heterocycles. The fraction of sp³-hybridized carbons (Fsp3) is 0.500. The molecule has 2 fully saturated rings. The summed E-state index contributed by atoms with van der Waals surface area (Å²) >= 11 is 0. The van der Waals surface area contributed by atoms with E-state index in [2.05, 4.69) is 28.0 Å². The van der Waals surface area contributed by atoms with Crippen LogP contribution >= 0.6 is 0 Å². The van der Waals surface area contributed by atoms with Gasteiger partial charge in [-0.05, 0) is 62.5 Å². The highest BCUT2D eigenvalue weighted by atomic mass is 19.1. The zero-order chi connectivity index (χ0) is 20.3. The first kappa shape index (κ1) is 20.3. The highest BCUT2D eigenvalue weighted by Gasteiger charge is 2.35. The maximum Gasteiger partial charge on any atom is 0.129 e. The smallest absolute Gasteiger partial charge is 0.129 e. The molecule has 1 N–H and O–H groups in total. The number of rotatable bonds is 6. The Hall–Kier alpha value is -1.95. The van der Waals surface area contributed by atoms with E-state index in [1.165, 1.54) is 30.0 Å². The van der Waals surface area contributed by atoms with Crippen LogP contribution in [0.5, 0.6) is 5.75 Å². The fourth-order valence-electron chi connectivity index (χ4n) is 4.68. The molecule has 2 aliphatic rings. The number of benzene rings is 2. The van der Waals surface area contributed by atoms with Gasteiger partial charge in [-0.3, -0.25) is 9.80 Å². The summed E-state index contributed by atoms with van der Waals surface area (Å²) in [6.45, 7) is 5.59. The number of hydrogen-bond donors (Lipinski definition) is 1. The van der Waals surface area contributed by atoms with Gasteiger partial charge in [0, 0.05) is 37.3 Å². The highest BCUT2D eigenvalue weighted by molar-refractivity contribution is 5.37. The van der Waals surface area contributed by atoms with Crippen molar-refractivity contribution in [2.75, 3.05) is 33.3 Å². The molecular weight excluding hydrogens is 367 g/mol. The maximum absolute atomic E-state index is 14.2. The summed E-state index contributed by atoms with van der Waals surface area (Å²) in [6, 6.07) is 13.1. The topological polar surface area (TPSA) is 35.9 Å². The summed E-state index contributed by atoms with van der Waals surface area (Å²) in [6.07, 6.45) is 3.65. The average molecular weight is 399 g/mol. The lowest BCUT2D eigenvalue weighted by molar-refractivity contribution is -0.0302. The Kier molecular flexibility index (Phi) is 6.18. The van der Waals surface area contributed by atoms with Crippen LogP contribution in [0.3, 0.4) is 0 Å². The minimum atomic E-state index is -1.07. The monoisotopic (exact) mass is 398 g/mol. The fourth-order valence-corrected chi connectivity index (χ4v) is 4.68. The minimum Gasteiger partial charge on any atom is -0.496 e. The van der Waals surface area contributed by atoms with Crippen molar-refractivity contribution in [1.29, 1.82) is 0 Å². The van der Waals surface area contributed by atoms with Crippen molar-refractivity contribution in [1.82, 2.24) is 9.80 Å². The molecule has 2 saturated heterocycles. The lowest BCUT2D eigenvalue weighted by Gasteiger charge is -2.38. The van der Waals surface area contributed by atoms with Gasteiger partial charge in [-0.15, -0.1) is 0 Å². The highest BCUT2D eigenvalue weighted by Crippen LogP contribution is 2.35. The van der Waals surface area contributed by atoms with Crippen LogP contribution < -0.4 is 4.74 Å². The molecule has 29 heavy (non-hydrogen) atoms. The molecule has 0 radical (unpaired) electrons. The number of aliphatic hydroxyl groups is 1. The van der Waals surface area contributed by atoms with E-state index >= 15 is 0 Å². The SMILES string of the molecule is COc1ccc(CN2CCC(O)(c3ccccc3F)CC2)cc1CN1CCCC1. The van der Waals surface area contributed by atoms with Crippen LogP contribution in [0.15, 0.2) is 42.5 Å². The van der Waals surface area contributed by atoms with Crippen LogP contribution in [-0.2, 0) is 18.7 Å². The van der Waals surface area contributed by atoms with Gasteiger partial charge in [-0.25, -0.2) is 4.39 Å². The normalized spacial score (nSPS) is 20.1. The van der Waals surface area contributed by atoms with Crippen LogP contribution in [0.1, 0.15) is 42.4 Å². The third kappa shape index (κ3) is 4.63. The third-order valence-electron chi connectivity index (χ3n) is 6.40. The Balaban J connectivity index is 1.40. The van der Waals surface area contributed by atoms with Crippen molar-refractivity contribution >= 4 is 0 Å². The van der Waals surface area contributed by atoms with Crippen molar-refractivity contribution in [3.8, 4) is 5.75 Å². The Labute approximate surface area is 172 Å². The molecule has 2 aromatic carbocycles. The molecule has 0 spiro atoms. The van der Waals surface area contributed by atoms with Gasteiger partial charge in [-0.1, -0.05) is 24.3 Å². The van der Waals surface area contributed by atoms with Crippen molar-refractivity contribution in [3.05, 3.63) is 65.0 Å². The van der Waals surface area contributed by atoms with E-state index < -0.39 is 5.60 Å². The van der Waals surface area contributed by atoms with Crippen LogP contribution in [0.4, 0.5) is 4.39 Å². The van der Waals surface area contributed by atoms with Gasteiger partial charge in [0.1, 0.15) is 11.6 Å². The lowest BCUT2D eigenvalue weighted by atomic mass is 9.84. The number of methoxy groups -OCH3 is 1. The van der Waals surface area contributed by atoms with Crippen LogP contribution in [0, 0.1) is 5.82 Å². The van der Waals surface area contributed by atoms with E-state index in [0.29, 0.717) is 18.4 Å². The molecule has 0 aromatic heterocycles. The number of piperidine rings is 1. The average Bonchev–Trinajstić information content (AvgIpc) is 3.23. The summed E-state index contributed by atoms with van der Waals surface area (Å²) in [4.78, 5) is 4.83. The van der Waals surface area contributed by atoms with Gasteiger partial charge in [0.05, 0.1) is 12.7 Å². The second-order valence-electron chi connectivity index (χ2n) is 8.42. The van der Waals surface area contributed by atoms with E-state index in [1.807, 2.05) is 0 Å². The van der Waals surface area contributed by atoms with E-state index in [-0.39, 0.29) is 5.82 Å². The molecule has 5 heteroatoms. The van der Waals surface area contributed by atoms with E-state index in [4.69, 9.17) is 4.74 Å². The van der Waals surface area contributed by atoms with Crippen molar-refractivity contribution in [2.24, 2.45) is 0 Å². The molecule has 2 aromatic rings. The molecule has 0 aliphatic carbocycles. The summed E-state index contributed by atoms with van der Waals surface area (Å²) < 4.78 is 19.7. The Morgan fingerprint density at radius 3 is 2.34 bits per heavy atom. The second kappa shape index (κ2) is 8.82. The van der Waals surface area contributed by atoms with Crippen molar-refractivity contribution in [3.63, 3.8) is 0 Å². The quantitative estimate of drug-likeness (QED) is 0.800. The Morgan fingerprint density at radius 2 is 1.66 bits per heavy atom. The molecule has 4 rings (SSSR count). The van der Waals surface area contributed by atoms with Gasteiger partial charge < -0.3 is 9.84 Å². The summed E-state index contributed by atoms with van der Waals surface area (Å²) in [5, 5.41) is 11.0. The molecule has 156 valence electrons. The maximum atomic E-state index is 14.2. The Morgan fingerprint density at radius 1 is 0.966 bits per heavy atom. The van der Waals surface area contributed by atoms with Crippen LogP contribution in [-0.4, -0.2) is 48.2 Å². The van der Waals surface area contributed by atoms with Gasteiger partial charge in [0.15, 0.2) is 0 Å². The number of likely N-dealkylation sites (tertiary alicyclic amines) is 2. The van der Waals surface area contributed by atoms with Crippen molar-refractivity contribution in [2.45, 2.75) is 44.4 Å². The first-order chi connectivity index (χ1) is 14.1. The largest absolute Gasteiger partial charge is 0.496 e. The van der Waals surface area contributed by atoms with Gasteiger partial charge in [0.2, 0.25) is 0 Å². The molecular formula is C24H31FN2O2. The minimum absolute atomic E-state index is 0.315. The van der Waals surface area contributed by atoms with Gasteiger partial charge >= 0.3 is 0 Å². The summed E-state index contributed by atoms with van der Waals surface area (Å²) in [5.74, 6) is 0.637. The Bertz CT molecular complexity index is 827. The zero-order valence-electron chi connectivity index (χ0n) is 17.2. The van der Waals surface area contributed by atoms with Crippen molar-refractivity contribution < 1.29 is 14.2 Å². The molecule has 0 bridgehead atoms. The lowest BCUT2D eigenvalue weighted by Crippen LogP contribution is -2.42. The molecule has 4 nitrogen and oxygen atoms in total. The summed E-state index contributed by atoms with van der Waals surface area (Å²) in [5.41, 5.74) is 1.86. The number of hydrogen-bond acceptors (Lipinski definition) is 4. The molecule has 0 saturated carbocycles. The van der Waals surface area contributed by atoms with Gasteiger partial charge in [-0.2, -0.15) is 0 Å². The standard InChI is InChI=1S/C24H31FN2O2/c1-29-23-9-8-19(16-20(23)18-26-12-4-5-13-26)17-27-14-10-24(28,11-15-27)21-6-2-3-7-22(21)25/h2-3,6-9,16,28H,4-5,10-15,17-18H2,1H3. The number of halogens is 1. The number of ether oxygens (including phenoxy) is 1. The van der Waals surface area contributed by atoms with Gasteiger partial charge in [0.25, 0.3) is 0 Å². The third-order valence-corrected chi connectivity index (χ3v) is 6.40. The zero-order valence-corrected chi connectivity index (χ0v) is 17.2.